The van der Waals surface area contributed by atoms with Crippen molar-refractivity contribution < 1.29 is 20.3 Å². The minimum absolute atomic E-state index is 0.104. The summed E-state index contributed by atoms with van der Waals surface area (Å²) in [6.45, 7) is 0. The van der Waals surface area contributed by atoms with Crippen LogP contribution >= 0.6 is 0 Å². The number of rotatable bonds is 2. The van der Waals surface area contributed by atoms with E-state index in [2.05, 4.69) is 0 Å². The highest BCUT2D eigenvalue weighted by molar-refractivity contribution is 6.59. The minimum atomic E-state index is -1.68. The Bertz CT molecular complexity index is 234. The van der Waals surface area contributed by atoms with Gasteiger partial charge in [0.1, 0.15) is 0 Å². The Hall–Kier alpha value is -0.875. The van der Waals surface area contributed by atoms with Gasteiger partial charge in [-0.05, 0) is 5.46 Å². The molecular formula is C7H9BO4. The van der Waals surface area contributed by atoms with E-state index in [4.69, 9.17) is 20.3 Å². The molecule has 0 radical (unpaired) electrons. The summed E-state index contributed by atoms with van der Waals surface area (Å²) in [6, 6.07) is 6.00. The summed E-state index contributed by atoms with van der Waals surface area (Å²) in [5.41, 5.74) is 0.208. The van der Waals surface area contributed by atoms with Crippen molar-refractivity contribution in [3.63, 3.8) is 0 Å². The molecule has 0 bridgehead atoms. The highest BCUT2D eigenvalue weighted by atomic mass is 16.5. The summed E-state index contributed by atoms with van der Waals surface area (Å²) >= 11 is 0. The van der Waals surface area contributed by atoms with Gasteiger partial charge in [0, 0.05) is 5.56 Å². The van der Waals surface area contributed by atoms with E-state index in [9.17, 15) is 0 Å². The van der Waals surface area contributed by atoms with Crippen molar-refractivity contribution in [3.8, 4) is 0 Å². The second kappa shape index (κ2) is 3.69. The van der Waals surface area contributed by atoms with Crippen LogP contribution in [0.15, 0.2) is 24.3 Å². The first kappa shape index (κ1) is 9.21. The van der Waals surface area contributed by atoms with Crippen molar-refractivity contribution in [2.45, 2.75) is 6.29 Å². The third kappa shape index (κ3) is 1.83. The van der Waals surface area contributed by atoms with E-state index in [0.717, 1.165) is 0 Å². The number of hydrogen-bond acceptors (Lipinski definition) is 4. The Morgan fingerprint density at radius 3 is 2.08 bits per heavy atom. The van der Waals surface area contributed by atoms with Crippen LogP contribution in [0, 0.1) is 0 Å². The van der Waals surface area contributed by atoms with E-state index in [1.54, 1.807) is 12.1 Å². The molecule has 0 saturated carbocycles. The van der Waals surface area contributed by atoms with E-state index < -0.39 is 13.4 Å². The molecule has 0 spiro atoms. The molecule has 64 valence electrons. The smallest absolute Gasteiger partial charge is 0.423 e. The van der Waals surface area contributed by atoms with Gasteiger partial charge in [-0.2, -0.15) is 0 Å². The number of hydrogen-bond donors (Lipinski definition) is 4. The molecule has 0 saturated heterocycles. The van der Waals surface area contributed by atoms with Crippen LogP contribution in [0.5, 0.6) is 0 Å². The fourth-order valence-electron chi connectivity index (χ4n) is 0.981. The topological polar surface area (TPSA) is 80.9 Å². The van der Waals surface area contributed by atoms with Gasteiger partial charge in [-0.25, -0.2) is 0 Å². The van der Waals surface area contributed by atoms with Crippen LogP contribution in [-0.2, 0) is 0 Å². The van der Waals surface area contributed by atoms with Crippen LogP contribution < -0.4 is 5.46 Å². The number of benzene rings is 1. The summed E-state index contributed by atoms with van der Waals surface area (Å²) in [5, 5.41) is 35.1. The molecular weight excluding hydrogens is 159 g/mol. The summed E-state index contributed by atoms with van der Waals surface area (Å²) in [5.74, 6) is 0. The van der Waals surface area contributed by atoms with Gasteiger partial charge in [0.2, 0.25) is 0 Å². The van der Waals surface area contributed by atoms with Crippen LogP contribution in [0.2, 0.25) is 0 Å². The van der Waals surface area contributed by atoms with Gasteiger partial charge in [-0.3, -0.25) is 0 Å². The molecule has 1 rings (SSSR count). The molecule has 0 aromatic heterocycles. The fourth-order valence-corrected chi connectivity index (χ4v) is 0.981. The molecule has 0 aliphatic rings. The van der Waals surface area contributed by atoms with E-state index in [1.807, 2.05) is 0 Å². The molecule has 1 aromatic rings. The zero-order valence-corrected chi connectivity index (χ0v) is 6.25. The largest absolute Gasteiger partial charge is 0.488 e. The second-order valence-corrected chi connectivity index (χ2v) is 2.38. The first-order chi connectivity index (χ1) is 5.63. The molecule has 0 unspecified atom stereocenters. The molecule has 0 amide bonds. The number of aliphatic hydroxyl groups is 2. The van der Waals surface area contributed by atoms with Crippen molar-refractivity contribution >= 4 is 12.6 Å². The number of aliphatic hydroxyl groups excluding tert-OH is 1. The highest BCUT2D eigenvalue weighted by Crippen LogP contribution is 2.05. The predicted molar refractivity (Wildman–Crippen MR) is 43.4 cm³/mol. The van der Waals surface area contributed by atoms with Crippen molar-refractivity contribution in [2.75, 3.05) is 0 Å². The third-order valence-electron chi connectivity index (χ3n) is 1.55. The zero-order chi connectivity index (χ0) is 9.14. The predicted octanol–water partition coefficient (Wildman–Crippen LogP) is -1.65. The lowest BCUT2D eigenvalue weighted by atomic mass is 9.77. The zero-order valence-electron chi connectivity index (χ0n) is 6.25. The molecule has 0 atom stereocenters. The van der Waals surface area contributed by atoms with Gasteiger partial charge in [0.15, 0.2) is 6.29 Å². The normalized spacial score (nSPS) is 10.4. The van der Waals surface area contributed by atoms with E-state index in [-0.39, 0.29) is 11.0 Å². The highest BCUT2D eigenvalue weighted by Gasteiger charge is 2.18. The Morgan fingerprint density at radius 2 is 1.67 bits per heavy atom. The van der Waals surface area contributed by atoms with Crippen LogP contribution in [-0.4, -0.2) is 27.4 Å². The summed E-state index contributed by atoms with van der Waals surface area (Å²) in [4.78, 5) is 0. The average Bonchev–Trinajstić information content (AvgIpc) is 2.04. The summed E-state index contributed by atoms with van der Waals surface area (Å²) in [7, 11) is -1.68. The fraction of sp³-hybridized carbons (Fsp3) is 0.143. The lowest BCUT2D eigenvalue weighted by Gasteiger charge is -2.09. The van der Waals surface area contributed by atoms with Crippen molar-refractivity contribution in [2.24, 2.45) is 0 Å². The molecule has 0 aliphatic heterocycles. The van der Waals surface area contributed by atoms with Gasteiger partial charge in [0.05, 0.1) is 0 Å². The third-order valence-corrected chi connectivity index (χ3v) is 1.55. The molecule has 5 heteroatoms. The maximum atomic E-state index is 8.79. The van der Waals surface area contributed by atoms with E-state index in [0.29, 0.717) is 0 Å². The van der Waals surface area contributed by atoms with Crippen LogP contribution in [0.4, 0.5) is 0 Å². The molecule has 4 nitrogen and oxygen atoms in total. The van der Waals surface area contributed by atoms with Gasteiger partial charge >= 0.3 is 7.12 Å². The standard InChI is InChI=1S/C7H9BO4/c9-7(10)5-3-1-2-4-6(5)8(11)12/h1-4,7,9-12H. The van der Waals surface area contributed by atoms with E-state index in [1.165, 1.54) is 12.1 Å². The Kier molecular flexibility index (Phi) is 2.83. The SMILES string of the molecule is OB(O)c1ccccc1C(O)O. The summed E-state index contributed by atoms with van der Waals surface area (Å²) in [6.07, 6.45) is -1.68. The maximum absolute atomic E-state index is 8.79. The average molecular weight is 168 g/mol. The van der Waals surface area contributed by atoms with Gasteiger partial charge < -0.3 is 20.3 Å². The van der Waals surface area contributed by atoms with Crippen molar-refractivity contribution in [3.05, 3.63) is 29.8 Å². The molecule has 12 heavy (non-hydrogen) atoms. The van der Waals surface area contributed by atoms with Gasteiger partial charge in [0.25, 0.3) is 0 Å². The second-order valence-electron chi connectivity index (χ2n) is 2.38. The van der Waals surface area contributed by atoms with Gasteiger partial charge in [-0.15, -0.1) is 0 Å². The minimum Gasteiger partial charge on any atom is -0.423 e. The maximum Gasteiger partial charge on any atom is 0.488 e. The van der Waals surface area contributed by atoms with Crippen molar-refractivity contribution in [1.82, 2.24) is 0 Å². The first-order valence-corrected chi connectivity index (χ1v) is 3.44. The van der Waals surface area contributed by atoms with Crippen LogP contribution in [0.3, 0.4) is 0 Å². The van der Waals surface area contributed by atoms with Gasteiger partial charge in [-0.1, -0.05) is 24.3 Å². The van der Waals surface area contributed by atoms with Crippen LogP contribution in [0.1, 0.15) is 11.9 Å². The molecule has 0 aliphatic carbocycles. The molecule has 4 N–H and O–H groups in total. The first-order valence-electron chi connectivity index (χ1n) is 3.44. The van der Waals surface area contributed by atoms with Crippen molar-refractivity contribution in [1.29, 1.82) is 0 Å². The Labute approximate surface area is 69.9 Å². The quantitative estimate of drug-likeness (QED) is 0.315. The molecule has 0 fully saturated rings. The monoisotopic (exact) mass is 168 g/mol. The van der Waals surface area contributed by atoms with E-state index >= 15 is 0 Å². The molecule has 0 heterocycles. The lowest BCUT2D eigenvalue weighted by molar-refractivity contribution is -0.0418. The van der Waals surface area contributed by atoms with Crippen LogP contribution in [0.25, 0.3) is 0 Å². The Balaban J connectivity index is 3.09. The lowest BCUT2D eigenvalue weighted by Crippen LogP contribution is -2.33. The summed E-state index contributed by atoms with van der Waals surface area (Å²) < 4.78 is 0. The molecule has 1 aromatic carbocycles. The Morgan fingerprint density at radius 1 is 1.08 bits per heavy atom.